The molecule has 0 saturated heterocycles. The van der Waals surface area contributed by atoms with Crippen LogP contribution in [0.25, 0.3) is 0 Å². The van der Waals surface area contributed by atoms with Crippen molar-refractivity contribution in [2.45, 2.75) is 12.5 Å². The van der Waals surface area contributed by atoms with E-state index in [4.69, 9.17) is 10.5 Å². The lowest BCUT2D eigenvalue weighted by molar-refractivity contribution is 0.0326. The third-order valence-electron chi connectivity index (χ3n) is 2.78. The van der Waals surface area contributed by atoms with Gasteiger partial charge < -0.3 is 25.8 Å². The number of benzene rings is 1. The highest BCUT2D eigenvalue weighted by Crippen LogP contribution is 2.22. The lowest BCUT2D eigenvalue weighted by Gasteiger charge is -2.27. The van der Waals surface area contributed by atoms with Crippen LogP contribution in [0.15, 0.2) is 18.2 Å². The summed E-state index contributed by atoms with van der Waals surface area (Å²) in [5.74, 6) is 0.181. The Kier molecular flexibility index (Phi) is 5.35. The average Bonchev–Trinajstić information content (AvgIpc) is 2.35. The molecule has 0 bridgehead atoms. The molecule has 20 heavy (non-hydrogen) atoms. The number of aliphatic hydroxyl groups is 1. The quantitative estimate of drug-likeness (QED) is 0.654. The van der Waals surface area contributed by atoms with Crippen LogP contribution in [0.3, 0.4) is 0 Å². The van der Waals surface area contributed by atoms with Gasteiger partial charge in [-0.05, 0) is 39.2 Å². The molecule has 1 atom stereocenters. The fourth-order valence-electron chi connectivity index (χ4n) is 1.96. The molecule has 0 aliphatic carbocycles. The minimum atomic E-state index is -0.989. The summed E-state index contributed by atoms with van der Waals surface area (Å²) >= 11 is 0. The third kappa shape index (κ3) is 4.71. The van der Waals surface area contributed by atoms with Crippen LogP contribution >= 0.6 is 0 Å². The number of amides is 1. The molecule has 1 aromatic carbocycles. The Labute approximate surface area is 119 Å². The van der Waals surface area contributed by atoms with Crippen molar-refractivity contribution in [1.29, 1.82) is 0 Å². The van der Waals surface area contributed by atoms with Crippen LogP contribution in [-0.4, -0.2) is 55.8 Å². The van der Waals surface area contributed by atoms with E-state index in [1.165, 1.54) is 7.11 Å². The molecule has 0 aliphatic rings. The molecular formula is C14H23N3O3. The topological polar surface area (TPSA) is 87.8 Å². The summed E-state index contributed by atoms with van der Waals surface area (Å²) in [5, 5.41) is 12.8. The predicted octanol–water partition coefficient (Wildman–Crippen LogP) is 0.320. The van der Waals surface area contributed by atoms with Crippen molar-refractivity contribution in [3.8, 4) is 5.75 Å². The van der Waals surface area contributed by atoms with Gasteiger partial charge in [-0.15, -0.1) is 0 Å². The second-order valence-electron chi connectivity index (χ2n) is 5.37. The van der Waals surface area contributed by atoms with E-state index in [2.05, 4.69) is 5.32 Å². The lowest BCUT2D eigenvalue weighted by Crippen LogP contribution is -2.47. The number of rotatable bonds is 6. The number of nitrogens with one attached hydrogen (secondary N) is 1. The molecule has 0 aromatic heterocycles. The number of hydrogen-bond donors (Lipinski definition) is 3. The summed E-state index contributed by atoms with van der Waals surface area (Å²) in [5.41, 5.74) is 5.62. The third-order valence-corrected chi connectivity index (χ3v) is 2.78. The molecule has 0 heterocycles. The fraction of sp³-hybridized carbons (Fsp3) is 0.500. The molecular weight excluding hydrogens is 258 g/mol. The number of nitrogens with zero attached hydrogens (tertiary/aromatic N) is 1. The number of nitrogen functional groups attached to an aromatic ring is 1. The molecule has 0 spiro atoms. The summed E-state index contributed by atoms with van der Waals surface area (Å²) in [4.78, 5) is 13.9. The van der Waals surface area contributed by atoms with Crippen LogP contribution in [0.2, 0.25) is 0 Å². The van der Waals surface area contributed by atoms with Crippen LogP contribution in [-0.2, 0) is 0 Å². The largest absolute Gasteiger partial charge is 0.495 e. The van der Waals surface area contributed by atoms with Gasteiger partial charge in [-0.3, -0.25) is 4.79 Å². The van der Waals surface area contributed by atoms with Gasteiger partial charge in [0.25, 0.3) is 5.91 Å². The van der Waals surface area contributed by atoms with Crippen LogP contribution in [0.1, 0.15) is 17.3 Å². The van der Waals surface area contributed by atoms with Gasteiger partial charge in [0.05, 0.1) is 18.4 Å². The van der Waals surface area contributed by atoms with Crippen molar-refractivity contribution < 1.29 is 14.6 Å². The Bertz CT molecular complexity index is 473. The van der Waals surface area contributed by atoms with Gasteiger partial charge in [0.2, 0.25) is 0 Å². The summed E-state index contributed by atoms with van der Waals surface area (Å²) < 4.78 is 5.07. The van der Waals surface area contributed by atoms with Gasteiger partial charge in [0.1, 0.15) is 5.75 Å². The number of nitrogens with two attached hydrogens (primary N) is 1. The first-order valence-corrected chi connectivity index (χ1v) is 6.34. The van der Waals surface area contributed by atoms with E-state index in [0.29, 0.717) is 23.5 Å². The van der Waals surface area contributed by atoms with Crippen molar-refractivity contribution in [3.05, 3.63) is 23.8 Å². The number of carbonyl (C=O) groups is 1. The summed E-state index contributed by atoms with van der Waals surface area (Å²) in [6, 6.07) is 4.81. The standard InChI is InChI=1S/C14H23N3O3/c1-14(19,9-17(2)3)8-16-13(18)10-5-6-11(15)12(7-10)20-4/h5-7,19H,8-9,15H2,1-4H3,(H,16,18). The van der Waals surface area contributed by atoms with Crippen LogP contribution in [0.4, 0.5) is 5.69 Å². The second-order valence-corrected chi connectivity index (χ2v) is 5.37. The zero-order valence-corrected chi connectivity index (χ0v) is 12.4. The SMILES string of the molecule is COc1cc(C(=O)NCC(C)(O)CN(C)C)ccc1N. The second kappa shape index (κ2) is 6.58. The number of anilines is 1. The highest BCUT2D eigenvalue weighted by atomic mass is 16.5. The maximum atomic E-state index is 12.0. The van der Waals surface area contributed by atoms with E-state index in [-0.39, 0.29) is 12.5 Å². The molecule has 4 N–H and O–H groups in total. The Morgan fingerprint density at radius 3 is 2.70 bits per heavy atom. The zero-order chi connectivity index (χ0) is 15.3. The predicted molar refractivity (Wildman–Crippen MR) is 78.9 cm³/mol. The summed E-state index contributed by atoms with van der Waals surface area (Å²) in [6.45, 7) is 2.30. The lowest BCUT2D eigenvalue weighted by atomic mass is 10.1. The van der Waals surface area contributed by atoms with Gasteiger partial charge in [-0.25, -0.2) is 0 Å². The van der Waals surface area contributed by atoms with Crippen LogP contribution in [0, 0.1) is 0 Å². The molecule has 1 amide bonds. The molecule has 1 unspecified atom stereocenters. The van der Waals surface area contributed by atoms with Gasteiger partial charge >= 0.3 is 0 Å². The highest BCUT2D eigenvalue weighted by molar-refractivity contribution is 5.95. The smallest absolute Gasteiger partial charge is 0.251 e. The number of ether oxygens (including phenoxy) is 1. The van der Waals surface area contributed by atoms with Crippen LogP contribution < -0.4 is 15.8 Å². The minimum absolute atomic E-state index is 0.163. The van der Waals surface area contributed by atoms with Gasteiger partial charge in [0, 0.05) is 18.7 Å². The Morgan fingerprint density at radius 2 is 2.15 bits per heavy atom. The van der Waals surface area contributed by atoms with E-state index in [1.807, 2.05) is 19.0 Å². The van der Waals surface area contributed by atoms with E-state index < -0.39 is 5.60 Å². The monoisotopic (exact) mass is 281 g/mol. The molecule has 1 rings (SSSR count). The van der Waals surface area contributed by atoms with Crippen molar-refractivity contribution in [1.82, 2.24) is 10.2 Å². The normalized spacial score (nSPS) is 13.9. The minimum Gasteiger partial charge on any atom is -0.495 e. The van der Waals surface area contributed by atoms with E-state index in [1.54, 1.807) is 25.1 Å². The van der Waals surface area contributed by atoms with Crippen molar-refractivity contribution >= 4 is 11.6 Å². The summed E-state index contributed by atoms with van der Waals surface area (Å²) in [6.07, 6.45) is 0. The number of carbonyl (C=O) groups excluding carboxylic acids is 1. The molecule has 112 valence electrons. The fourth-order valence-corrected chi connectivity index (χ4v) is 1.96. The highest BCUT2D eigenvalue weighted by Gasteiger charge is 2.22. The first-order chi connectivity index (χ1) is 9.25. The first kappa shape index (κ1) is 16.3. The maximum absolute atomic E-state index is 12.0. The van der Waals surface area contributed by atoms with E-state index in [9.17, 15) is 9.90 Å². The van der Waals surface area contributed by atoms with Gasteiger partial charge in [-0.2, -0.15) is 0 Å². The average molecular weight is 281 g/mol. The molecule has 6 nitrogen and oxygen atoms in total. The van der Waals surface area contributed by atoms with Crippen LogP contribution in [0.5, 0.6) is 5.75 Å². The Morgan fingerprint density at radius 1 is 1.50 bits per heavy atom. The van der Waals surface area contributed by atoms with Gasteiger partial charge in [0.15, 0.2) is 0 Å². The summed E-state index contributed by atoms with van der Waals surface area (Å²) in [7, 11) is 5.22. The van der Waals surface area contributed by atoms with E-state index in [0.717, 1.165) is 0 Å². The molecule has 0 radical (unpaired) electrons. The van der Waals surface area contributed by atoms with E-state index >= 15 is 0 Å². The van der Waals surface area contributed by atoms with Gasteiger partial charge in [-0.1, -0.05) is 0 Å². The number of hydrogen-bond acceptors (Lipinski definition) is 5. The van der Waals surface area contributed by atoms with Crippen molar-refractivity contribution in [2.24, 2.45) is 0 Å². The van der Waals surface area contributed by atoms with Crippen molar-refractivity contribution in [3.63, 3.8) is 0 Å². The molecule has 6 heteroatoms. The molecule has 1 aromatic rings. The molecule has 0 aliphatic heterocycles. The first-order valence-electron chi connectivity index (χ1n) is 6.34. The molecule has 0 fully saturated rings. The number of methoxy groups -OCH3 is 1. The number of likely N-dealkylation sites (N-methyl/N-ethyl adjacent to an activating group) is 1. The zero-order valence-electron chi connectivity index (χ0n) is 12.4. The Balaban J connectivity index is 2.68. The maximum Gasteiger partial charge on any atom is 0.251 e. The molecule has 0 saturated carbocycles. The Hall–Kier alpha value is -1.79. The van der Waals surface area contributed by atoms with Crippen molar-refractivity contribution in [2.75, 3.05) is 40.0 Å².